The fraction of sp³-hybridized carbons (Fsp3) is 1.00. The van der Waals surface area contributed by atoms with Gasteiger partial charge in [0.15, 0.2) is 0 Å². The van der Waals surface area contributed by atoms with Crippen molar-refractivity contribution >= 4 is 0 Å². The van der Waals surface area contributed by atoms with Crippen molar-refractivity contribution in [3.05, 3.63) is 0 Å². The molecule has 0 aromatic carbocycles. The lowest BCUT2D eigenvalue weighted by Crippen LogP contribution is -2.17. The van der Waals surface area contributed by atoms with Crippen LogP contribution in [0, 0.1) is 5.92 Å². The van der Waals surface area contributed by atoms with Crippen LogP contribution in [0.1, 0.15) is 26.7 Å². The summed E-state index contributed by atoms with van der Waals surface area (Å²) in [5.41, 5.74) is 0. The number of hydrogen-bond donors (Lipinski definition) is 2. The first-order valence-electron chi connectivity index (χ1n) is 3.51. The average molecular weight is 132 g/mol. The zero-order chi connectivity index (χ0) is 7.28. The first-order valence-corrected chi connectivity index (χ1v) is 3.51. The van der Waals surface area contributed by atoms with Crippen molar-refractivity contribution in [3.63, 3.8) is 0 Å². The van der Waals surface area contributed by atoms with Crippen LogP contribution in [0.2, 0.25) is 0 Å². The fourth-order valence-electron chi connectivity index (χ4n) is 0.689. The van der Waals surface area contributed by atoms with Gasteiger partial charge >= 0.3 is 0 Å². The minimum absolute atomic E-state index is 0.0888. The van der Waals surface area contributed by atoms with Crippen molar-refractivity contribution in [2.45, 2.75) is 32.8 Å². The van der Waals surface area contributed by atoms with Gasteiger partial charge in [0.2, 0.25) is 0 Å². The van der Waals surface area contributed by atoms with Crippen molar-refractivity contribution in [1.29, 1.82) is 0 Å². The summed E-state index contributed by atoms with van der Waals surface area (Å²) in [5.74, 6) is 0.317. The first-order chi connectivity index (χ1) is 4.22. The summed E-state index contributed by atoms with van der Waals surface area (Å²) in [4.78, 5) is 0. The van der Waals surface area contributed by atoms with E-state index in [9.17, 15) is 0 Å². The Morgan fingerprint density at radius 1 is 1.44 bits per heavy atom. The highest BCUT2D eigenvalue weighted by Gasteiger charge is 2.09. The van der Waals surface area contributed by atoms with E-state index in [1.54, 1.807) is 0 Å². The second-order valence-electron chi connectivity index (χ2n) is 2.47. The van der Waals surface area contributed by atoms with Crippen molar-refractivity contribution in [3.8, 4) is 0 Å². The molecular weight excluding hydrogens is 116 g/mol. The van der Waals surface area contributed by atoms with Crippen LogP contribution in [0.25, 0.3) is 0 Å². The SMILES string of the molecule is CC[C@H](C)[C@@H](O)CCO. The zero-order valence-electron chi connectivity index (χ0n) is 6.17. The normalized spacial score (nSPS) is 17.3. The molecule has 0 fully saturated rings. The van der Waals surface area contributed by atoms with Gasteiger partial charge in [0.1, 0.15) is 0 Å². The van der Waals surface area contributed by atoms with Crippen molar-refractivity contribution < 1.29 is 10.2 Å². The highest BCUT2D eigenvalue weighted by molar-refractivity contribution is 4.61. The van der Waals surface area contributed by atoms with E-state index in [4.69, 9.17) is 10.2 Å². The minimum Gasteiger partial charge on any atom is -0.396 e. The smallest absolute Gasteiger partial charge is 0.0587 e. The highest BCUT2D eigenvalue weighted by Crippen LogP contribution is 2.09. The molecule has 0 aliphatic carbocycles. The largest absolute Gasteiger partial charge is 0.396 e. The maximum Gasteiger partial charge on any atom is 0.0587 e. The van der Waals surface area contributed by atoms with Crippen molar-refractivity contribution in [1.82, 2.24) is 0 Å². The topological polar surface area (TPSA) is 40.5 Å². The molecule has 0 amide bonds. The minimum atomic E-state index is -0.319. The van der Waals surface area contributed by atoms with E-state index in [1.807, 2.05) is 13.8 Å². The molecule has 0 saturated heterocycles. The molecule has 0 rings (SSSR count). The Hall–Kier alpha value is -0.0800. The summed E-state index contributed by atoms with van der Waals surface area (Å²) < 4.78 is 0. The number of aliphatic hydroxyl groups excluding tert-OH is 2. The van der Waals surface area contributed by atoms with E-state index in [2.05, 4.69) is 0 Å². The highest BCUT2D eigenvalue weighted by atomic mass is 16.3. The molecule has 0 aliphatic heterocycles. The van der Waals surface area contributed by atoms with Gasteiger partial charge < -0.3 is 10.2 Å². The van der Waals surface area contributed by atoms with Gasteiger partial charge in [-0.3, -0.25) is 0 Å². The Morgan fingerprint density at radius 3 is 2.33 bits per heavy atom. The fourth-order valence-corrected chi connectivity index (χ4v) is 0.689. The van der Waals surface area contributed by atoms with Gasteiger partial charge in [0.05, 0.1) is 6.10 Å². The van der Waals surface area contributed by atoms with E-state index < -0.39 is 0 Å². The molecule has 0 spiro atoms. The van der Waals surface area contributed by atoms with E-state index in [0.29, 0.717) is 12.3 Å². The molecule has 0 unspecified atom stereocenters. The summed E-state index contributed by atoms with van der Waals surface area (Å²) in [6, 6.07) is 0. The van der Waals surface area contributed by atoms with Crippen LogP contribution in [0.5, 0.6) is 0 Å². The summed E-state index contributed by atoms with van der Waals surface area (Å²) in [5, 5.41) is 17.6. The molecule has 0 aromatic heterocycles. The summed E-state index contributed by atoms with van der Waals surface area (Å²) >= 11 is 0. The number of hydrogen-bond acceptors (Lipinski definition) is 2. The molecule has 2 atom stereocenters. The van der Waals surface area contributed by atoms with Crippen LogP contribution in [0.4, 0.5) is 0 Å². The Balaban J connectivity index is 3.32. The lowest BCUT2D eigenvalue weighted by Gasteiger charge is -2.14. The van der Waals surface area contributed by atoms with Gasteiger partial charge in [-0.2, -0.15) is 0 Å². The molecule has 0 aliphatic rings. The third kappa shape index (κ3) is 3.49. The standard InChI is InChI=1S/C7H16O2/c1-3-6(2)7(9)4-5-8/h6-9H,3-5H2,1-2H3/t6-,7-/m0/s1. The Morgan fingerprint density at radius 2 is 2.00 bits per heavy atom. The van der Waals surface area contributed by atoms with E-state index in [0.717, 1.165) is 6.42 Å². The lowest BCUT2D eigenvalue weighted by atomic mass is 10.00. The Kier molecular flexibility index (Phi) is 4.72. The van der Waals surface area contributed by atoms with Crippen molar-refractivity contribution in [2.24, 2.45) is 5.92 Å². The maximum atomic E-state index is 9.16. The quantitative estimate of drug-likeness (QED) is 0.593. The molecule has 0 radical (unpaired) electrons. The predicted octanol–water partition coefficient (Wildman–Crippen LogP) is 0.776. The number of rotatable bonds is 4. The van der Waals surface area contributed by atoms with E-state index >= 15 is 0 Å². The summed E-state index contributed by atoms with van der Waals surface area (Å²) in [7, 11) is 0. The van der Waals surface area contributed by atoms with Gasteiger partial charge in [0.25, 0.3) is 0 Å². The van der Waals surface area contributed by atoms with E-state index in [1.165, 1.54) is 0 Å². The Labute approximate surface area is 56.5 Å². The third-order valence-electron chi connectivity index (χ3n) is 1.73. The average Bonchev–Trinajstić information content (AvgIpc) is 1.87. The summed E-state index contributed by atoms with van der Waals surface area (Å²) in [6.07, 6.45) is 1.16. The van der Waals surface area contributed by atoms with Crippen LogP contribution in [-0.2, 0) is 0 Å². The first kappa shape index (κ1) is 8.92. The van der Waals surface area contributed by atoms with Crippen molar-refractivity contribution in [2.75, 3.05) is 6.61 Å². The molecule has 2 N–H and O–H groups in total. The molecule has 0 heterocycles. The van der Waals surface area contributed by atoms with Crippen LogP contribution >= 0.6 is 0 Å². The van der Waals surface area contributed by atoms with Crippen LogP contribution in [-0.4, -0.2) is 22.9 Å². The second-order valence-corrected chi connectivity index (χ2v) is 2.47. The zero-order valence-corrected chi connectivity index (χ0v) is 6.17. The predicted molar refractivity (Wildman–Crippen MR) is 37.2 cm³/mol. The van der Waals surface area contributed by atoms with E-state index in [-0.39, 0.29) is 12.7 Å². The van der Waals surface area contributed by atoms with Gasteiger partial charge in [-0.25, -0.2) is 0 Å². The summed E-state index contributed by atoms with van der Waals surface area (Å²) in [6.45, 7) is 4.11. The number of aliphatic hydroxyl groups is 2. The molecule has 0 bridgehead atoms. The lowest BCUT2D eigenvalue weighted by molar-refractivity contribution is 0.0844. The molecular formula is C7H16O2. The second kappa shape index (κ2) is 4.77. The van der Waals surface area contributed by atoms with Gasteiger partial charge in [-0.05, 0) is 12.3 Å². The van der Waals surface area contributed by atoms with Gasteiger partial charge in [0, 0.05) is 6.61 Å². The molecule has 2 nitrogen and oxygen atoms in total. The third-order valence-corrected chi connectivity index (χ3v) is 1.73. The van der Waals surface area contributed by atoms with Gasteiger partial charge in [-0.15, -0.1) is 0 Å². The Bertz CT molecular complexity index is 63.9. The van der Waals surface area contributed by atoms with Crippen LogP contribution < -0.4 is 0 Å². The monoisotopic (exact) mass is 132 g/mol. The molecule has 2 heteroatoms. The van der Waals surface area contributed by atoms with Crippen LogP contribution in [0.3, 0.4) is 0 Å². The molecule has 0 aromatic rings. The molecule has 0 saturated carbocycles. The molecule has 9 heavy (non-hydrogen) atoms. The maximum absolute atomic E-state index is 9.16. The molecule has 56 valence electrons. The van der Waals surface area contributed by atoms with Gasteiger partial charge in [-0.1, -0.05) is 20.3 Å². The van der Waals surface area contributed by atoms with Crippen LogP contribution in [0.15, 0.2) is 0 Å².